The van der Waals surface area contributed by atoms with Gasteiger partial charge in [0.25, 0.3) is 0 Å². The third kappa shape index (κ3) is 2.44. The lowest BCUT2D eigenvalue weighted by Crippen LogP contribution is -2.37. The van der Waals surface area contributed by atoms with E-state index in [2.05, 4.69) is 4.98 Å². The number of halogens is 1. The molecule has 1 atom stereocenters. The van der Waals surface area contributed by atoms with Crippen LogP contribution in [0.2, 0.25) is 5.02 Å². The molecule has 5 heteroatoms. The van der Waals surface area contributed by atoms with E-state index in [4.69, 9.17) is 17.3 Å². The van der Waals surface area contributed by atoms with Crippen LogP contribution >= 0.6 is 11.6 Å². The molecule has 0 radical (unpaired) electrons. The lowest BCUT2D eigenvalue weighted by atomic mass is 10.0. The van der Waals surface area contributed by atoms with Gasteiger partial charge in [0.05, 0.1) is 16.6 Å². The molecule has 17 heavy (non-hydrogen) atoms. The molecular formula is C12H16ClN3O. The maximum Gasteiger partial charge on any atom is 0.112 e. The summed E-state index contributed by atoms with van der Waals surface area (Å²) in [4.78, 5) is 4.48. The van der Waals surface area contributed by atoms with Crippen molar-refractivity contribution in [3.05, 3.63) is 29.0 Å². The number of benzene rings is 1. The third-order valence-electron chi connectivity index (χ3n) is 2.91. The fraction of sp³-hybridized carbons (Fsp3) is 0.417. The molecule has 2 aromatic rings. The van der Waals surface area contributed by atoms with E-state index in [0.29, 0.717) is 11.4 Å². The van der Waals surface area contributed by atoms with Crippen LogP contribution in [0.3, 0.4) is 0 Å². The highest BCUT2D eigenvalue weighted by atomic mass is 35.5. The molecule has 92 valence electrons. The van der Waals surface area contributed by atoms with Crippen LogP contribution < -0.4 is 5.73 Å². The van der Waals surface area contributed by atoms with Gasteiger partial charge in [-0.3, -0.25) is 0 Å². The Bertz CT molecular complexity index is 548. The normalized spacial score (nSPS) is 15.1. The van der Waals surface area contributed by atoms with Crippen molar-refractivity contribution in [1.29, 1.82) is 0 Å². The molecule has 2 rings (SSSR count). The van der Waals surface area contributed by atoms with Gasteiger partial charge in [0.15, 0.2) is 0 Å². The van der Waals surface area contributed by atoms with E-state index in [1.807, 2.05) is 29.8 Å². The van der Waals surface area contributed by atoms with E-state index < -0.39 is 5.60 Å². The molecule has 1 aromatic heterocycles. The van der Waals surface area contributed by atoms with Gasteiger partial charge in [0.1, 0.15) is 5.82 Å². The van der Waals surface area contributed by atoms with E-state index in [-0.39, 0.29) is 6.54 Å². The van der Waals surface area contributed by atoms with Gasteiger partial charge >= 0.3 is 0 Å². The summed E-state index contributed by atoms with van der Waals surface area (Å²) in [6.07, 6.45) is 0.423. The number of imidazole rings is 1. The van der Waals surface area contributed by atoms with Crippen molar-refractivity contribution in [1.82, 2.24) is 9.55 Å². The number of nitrogens with two attached hydrogens (primary N) is 1. The maximum atomic E-state index is 9.98. The van der Waals surface area contributed by atoms with Gasteiger partial charge in [0.2, 0.25) is 0 Å². The molecule has 0 aliphatic rings. The zero-order valence-corrected chi connectivity index (χ0v) is 10.7. The van der Waals surface area contributed by atoms with Crippen LogP contribution in [0, 0.1) is 0 Å². The first kappa shape index (κ1) is 12.4. The topological polar surface area (TPSA) is 64.1 Å². The van der Waals surface area contributed by atoms with Crippen molar-refractivity contribution >= 4 is 22.6 Å². The summed E-state index contributed by atoms with van der Waals surface area (Å²) in [5.74, 6) is 0.803. The Morgan fingerprint density at radius 1 is 1.53 bits per heavy atom. The number of aryl methyl sites for hydroxylation is 1. The highest BCUT2D eigenvalue weighted by molar-refractivity contribution is 6.31. The van der Waals surface area contributed by atoms with Crippen molar-refractivity contribution in [3.63, 3.8) is 0 Å². The summed E-state index contributed by atoms with van der Waals surface area (Å²) in [5, 5.41) is 10.7. The van der Waals surface area contributed by atoms with Crippen LogP contribution in [0.1, 0.15) is 12.7 Å². The Hall–Kier alpha value is -1.10. The van der Waals surface area contributed by atoms with Gasteiger partial charge in [-0.2, -0.15) is 0 Å². The number of fused-ring (bicyclic) bond motifs is 1. The van der Waals surface area contributed by atoms with Crippen molar-refractivity contribution in [2.24, 2.45) is 12.8 Å². The van der Waals surface area contributed by atoms with Gasteiger partial charge < -0.3 is 15.4 Å². The number of aliphatic hydroxyl groups is 1. The highest BCUT2D eigenvalue weighted by Crippen LogP contribution is 2.21. The summed E-state index contributed by atoms with van der Waals surface area (Å²) in [5.41, 5.74) is 6.42. The lowest BCUT2D eigenvalue weighted by Gasteiger charge is -2.20. The minimum Gasteiger partial charge on any atom is -0.388 e. The van der Waals surface area contributed by atoms with Crippen LogP contribution in [0.15, 0.2) is 18.2 Å². The molecule has 1 heterocycles. The van der Waals surface area contributed by atoms with E-state index in [1.165, 1.54) is 0 Å². The maximum absolute atomic E-state index is 9.98. The summed E-state index contributed by atoms with van der Waals surface area (Å²) >= 11 is 5.95. The number of rotatable bonds is 3. The van der Waals surface area contributed by atoms with Gasteiger partial charge in [-0.05, 0) is 25.1 Å². The molecule has 3 N–H and O–H groups in total. The lowest BCUT2D eigenvalue weighted by molar-refractivity contribution is 0.0670. The number of aromatic nitrogens is 2. The van der Waals surface area contributed by atoms with Crippen LogP contribution in [-0.2, 0) is 13.5 Å². The van der Waals surface area contributed by atoms with Gasteiger partial charge in [0, 0.05) is 25.0 Å². The highest BCUT2D eigenvalue weighted by Gasteiger charge is 2.22. The molecule has 0 spiro atoms. The smallest absolute Gasteiger partial charge is 0.112 e. The monoisotopic (exact) mass is 253 g/mol. The second kappa shape index (κ2) is 4.29. The minimum atomic E-state index is -0.932. The van der Waals surface area contributed by atoms with E-state index in [9.17, 15) is 5.11 Å². The molecule has 0 aliphatic carbocycles. The molecule has 1 aromatic carbocycles. The van der Waals surface area contributed by atoms with Gasteiger partial charge in [-0.15, -0.1) is 0 Å². The van der Waals surface area contributed by atoms with Crippen LogP contribution in [0.25, 0.3) is 11.0 Å². The Morgan fingerprint density at radius 3 is 2.88 bits per heavy atom. The zero-order valence-electron chi connectivity index (χ0n) is 9.94. The molecule has 0 aliphatic heterocycles. The van der Waals surface area contributed by atoms with E-state index in [1.54, 1.807) is 6.92 Å². The first-order valence-electron chi connectivity index (χ1n) is 5.46. The van der Waals surface area contributed by atoms with E-state index >= 15 is 0 Å². The van der Waals surface area contributed by atoms with Crippen LogP contribution in [0.4, 0.5) is 0 Å². The first-order chi connectivity index (χ1) is 7.93. The Morgan fingerprint density at radius 2 is 2.24 bits per heavy atom. The SMILES string of the molecule is Cn1c(CC(C)(O)CN)nc2ccc(Cl)cc21. The average Bonchev–Trinajstić information content (AvgIpc) is 2.56. The number of nitrogens with zero attached hydrogens (tertiary/aromatic N) is 2. The molecule has 0 saturated heterocycles. The van der Waals surface area contributed by atoms with Crippen LogP contribution in [0.5, 0.6) is 0 Å². The fourth-order valence-corrected chi connectivity index (χ4v) is 1.95. The minimum absolute atomic E-state index is 0.205. The zero-order chi connectivity index (χ0) is 12.6. The summed E-state index contributed by atoms with van der Waals surface area (Å²) in [7, 11) is 1.91. The largest absolute Gasteiger partial charge is 0.388 e. The number of hydrogen-bond acceptors (Lipinski definition) is 3. The van der Waals surface area contributed by atoms with Crippen molar-refractivity contribution in [3.8, 4) is 0 Å². The number of hydrogen-bond donors (Lipinski definition) is 2. The molecule has 1 unspecified atom stereocenters. The van der Waals surface area contributed by atoms with Crippen LogP contribution in [-0.4, -0.2) is 26.8 Å². The average molecular weight is 254 g/mol. The predicted octanol–water partition coefficient (Wildman–Crippen LogP) is 1.48. The summed E-state index contributed by atoms with van der Waals surface area (Å²) < 4.78 is 1.94. The van der Waals surface area contributed by atoms with E-state index in [0.717, 1.165) is 16.9 Å². The quantitative estimate of drug-likeness (QED) is 0.871. The van der Waals surface area contributed by atoms with Gasteiger partial charge in [-0.1, -0.05) is 11.6 Å². The predicted molar refractivity (Wildman–Crippen MR) is 69.1 cm³/mol. The molecular weight excluding hydrogens is 238 g/mol. The Kier molecular flexibility index (Phi) is 3.12. The molecule has 4 nitrogen and oxygen atoms in total. The van der Waals surface area contributed by atoms with Gasteiger partial charge in [-0.25, -0.2) is 4.98 Å². The van der Waals surface area contributed by atoms with Crippen molar-refractivity contribution in [2.45, 2.75) is 18.9 Å². The molecule has 0 fully saturated rings. The second-order valence-corrected chi connectivity index (χ2v) is 5.03. The summed E-state index contributed by atoms with van der Waals surface area (Å²) in [6, 6.07) is 5.55. The third-order valence-corrected chi connectivity index (χ3v) is 3.15. The first-order valence-corrected chi connectivity index (χ1v) is 5.84. The Balaban J connectivity index is 2.46. The molecule has 0 bridgehead atoms. The second-order valence-electron chi connectivity index (χ2n) is 4.60. The Labute approximate surface area is 105 Å². The van der Waals surface area contributed by atoms with Crippen molar-refractivity contribution < 1.29 is 5.11 Å². The summed E-state index contributed by atoms with van der Waals surface area (Å²) in [6.45, 7) is 1.91. The molecule has 0 saturated carbocycles. The fourth-order valence-electron chi connectivity index (χ4n) is 1.78. The van der Waals surface area contributed by atoms with Crippen molar-refractivity contribution in [2.75, 3.05) is 6.54 Å². The standard InChI is InChI=1S/C12H16ClN3O/c1-12(17,7-14)6-11-15-9-4-3-8(13)5-10(9)16(11)2/h3-5,17H,6-7,14H2,1-2H3. The molecule has 0 amide bonds.